The molecule has 2 N–H and O–H groups in total. The number of aliphatic hydroxyl groups excluding tert-OH is 1. The van der Waals surface area contributed by atoms with E-state index in [0.717, 1.165) is 5.69 Å². The lowest BCUT2D eigenvalue weighted by Crippen LogP contribution is -2.38. The molecule has 0 amide bonds. The summed E-state index contributed by atoms with van der Waals surface area (Å²) in [6.07, 6.45) is 1.92. The van der Waals surface area contributed by atoms with Crippen LogP contribution in [0.2, 0.25) is 0 Å². The number of hydrogen-bond donors (Lipinski definition) is 2. The highest BCUT2D eigenvalue weighted by molar-refractivity contribution is 6.18. The lowest BCUT2D eigenvalue weighted by molar-refractivity contribution is 0.200. The van der Waals surface area contributed by atoms with Crippen molar-refractivity contribution in [3.05, 3.63) is 29.8 Å². The minimum Gasteiger partial charge on any atom is -0.390 e. The molecular formula is C16H25ClN2O. The number of rotatable bonds is 5. The van der Waals surface area contributed by atoms with Crippen LogP contribution in [0.5, 0.6) is 0 Å². The Morgan fingerprint density at radius 1 is 1.30 bits per heavy atom. The van der Waals surface area contributed by atoms with E-state index < -0.39 is 6.10 Å². The summed E-state index contributed by atoms with van der Waals surface area (Å²) in [5, 5.41) is 12.6. The average molecular weight is 297 g/mol. The summed E-state index contributed by atoms with van der Waals surface area (Å²) < 4.78 is 0. The summed E-state index contributed by atoms with van der Waals surface area (Å²) in [6.45, 7) is 5.18. The molecule has 1 heterocycles. The van der Waals surface area contributed by atoms with Crippen molar-refractivity contribution in [2.24, 2.45) is 0 Å². The highest BCUT2D eigenvalue weighted by atomic mass is 35.5. The molecule has 4 heteroatoms. The lowest BCUT2D eigenvalue weighted by atomic mass is 9.74. The highest BCUT2D eigenvalue weighted by Crippen LogP contribution is 2.35. The van der Waals surface area contributed by atoms with E-state index in [-0.39, 0.29) is 5.88 Å². The number of piperidine rings is 1. The van der Waals surface area contributed by atoms with E-state index in [0.29, 0.717) is 12.0 Å². The Labute approximate surface area is 126 Å². The standard InChI is InChI=1S/C16H25ClN2O/c1-16(7-9-19(2)10-8-16)13-3-5-14(6-4-13)18-12-15(20)11-17/h3-6,15,18,20H,7-12H2,1-2H3. The number of alkyl halides is 1. The molecule has 0 aliphatic carbocycles. The van der Waals surface area contributed by atoms with Crippen molar-refractivity contribution >= 4 is 17.3 Å². The number of nitrogens with one attached hydrogen (secondary N) is 1. The maximum Gasteiger partial charge on any atom is 0.0847 e. The molecule has 1 aromatic carbocycles. The quantitative estimate of drug-likeness (QED) is 0.820. The molecular weight excluding hydrogens is 272 g/mol. The van der Waals surface area contributed by atoms with Gasteiger partial charge in [-0.15, -0.1) is 11.6 Å². The predicted octanol–water partition coefficient (Wildman–Crippen LogP) is 2.68. The lowest BCUT2D eigenvalue weighted by Gasteiger charge is -2.38. The van der Waals surface area contributed by atoms with Crippen LogP contribution in [0.1, 0.15) is 25.3 Å². The largest absolute Gasteiger partial charge is 0.390 e. The van der Waals surface area contributed by atoms with Crippen molar-refractivity contribution in [2.75, 3.05) is 37.9 Å². The Morgan fingerprint density at radius 3 is 2.45 bits per heavy atom. The topological polar surface area (TPSA) is 35.5 Å². The molecule has 3 nitrogen and oxygen atoms in total. The van der Waals surface area contributed by atoms with Gasteiger partial charge in [0, 0.05) is 12.2 Å². The second kappa shape index (κ2) is 6.79. The zero-order chi connectivity index (χ0) is 14.6. The molecule has 1 aliphatic heterocycles. The highest BCUT2D eigenvalue weighted by Gasteiger charge is 2.30. The summed E-state index contributed by atoms with van der Waals surface area (Å²) in [5.74, 6) is 0.261. The van der Waals surface area contributed by atoms with Gasteiger partial charge in [-0.3, -0.25) is 0 Å². The van der Waals surface area contributed by atoms with E-state index in [1.807, 2.05) is 0 Å². The number of anilines is 1. The van der Waals surface area contributed by atoms with Gasteiger partial charge < -0.3 is 15.3 Å². The molecule has 1 unspecified atom stereocenters. The molecule has 0 saturated carbocycles. The minimum atomic E-state index is -0.497. The van der Waals surface area contributed by atoms with Gasteiger partial charge >= 0.3 is 0 Å². The molecule has 0 aromatic heterocycles. The number of benzene rings is 1. The van der Waals surface area contributed by atoms with Gasteiger partial charge in [0.25, 0.3) is 0 Å². The number of likely N-dealkylation sites (tertiary alicyclic amines) is 1. The Balaban J connectivity index is 1.97. The van der Waals surface area contributed by atoms with Crippen LogP contribution in [-0.4, -0.2) is 48.7 Å². The van der Waals surface area contributed by atoms with E-state index in [9.17, 15) is 5.11 Å². The van der Waals surface area contributed by atoms with Gasteiger partial charge in [0.1, 0.15) is 0 Å². The van der Waals surface area contributed by atoms with E-state index in [1.54, 1.807) is 0 Å². The first-order valence-electron chi connectivity index (χ1n) is 7.30. The molecule has 112 valence electrons. The van der Waals surface area contributed by atoms with Gasteiger partial charge in [-0.25, -0.2) is 0 Å². The maximum atomic E-state index is 9.44. The third-order valence-corrected chi connectivity index (χ3v) is 4.75. The molecule has 20 heavy (non-hydrogen) atoms. The second-order valence-corrected chi connectivity index (χ2v) is 6.44. The van der Waals surface area contributed by atoms with Gasteiger partial charge in [0.2, 0.25) is 0 Å². The number of nitrogens with zero attached hydrogens (tertiary/aromatic N) is 1. The second-order valence-electron chi connectivity index (χ2n) is 6.13. The summed E-state index contributed by atoms with van der Waals surface area (Å²) in [7, 11) is 2.19. The smallest absolute Gasteiger partial charge is 0.0847 e. The first-order chi connectivity index (χ1) is 9.53. The zero-order valence-corrected chi connectivity index (χ0v) is 13.2. The molecule has 1 fully saturated rings. The minimum absolute atomic E-state index is 0.261. The fourth-order valence-electron chi connectivity index (χ4n) is 2.68. The van der Waals surface area contributed by atoms with Crippen molar-refractivity contribution in [3.8, 4) is 0 Å². The first-order valence-corrected chi connectivity index (χ1v) is 7.84. The van der Waals surface area contributed by atoms with Crippen LogP contribution in [0.15, 0.2) is 24.3 Å². The van der Waals surface area contributed by atoms with Crippen LogP contribution in [0.3, 0.4) is 0 Å². The fraction of sp³-hybridized carbons (Fsp3) is 0.625. The third-order valence-electron chi connectivity index (χ3n) is 4.39. The van der Waals surface area contributed by atoms with Crippen molar-refractivity contribution in [2.45, 2.75) is 31.3 Å². The van der Waals surface area contributed by atoms with Crippen molar-refractivity contribution in [3.63, 3.8) is 0 Å². The number of aliphatic hydroxyl groups is 1. The van der Waals surface area contributed by atoms with Crippen molar-refractivity contribution < 1.29 is 5.11 Å². The Bertz CT molecular complexity index is 413. The van der Waals surface area contributed by atoms with E-state index in [2.05, 4.69) is 48.5 Å². The maximum absolute atomic E-state index is 9.44. The molecule has 2 rings (SSSR count). The molecule has 1 aliphatic rings. The molecule has 1 atom stereocenters. The summed E-state index contributed by atoms with van der Waals surface area (Å²) in [6, 6.07) is 8.61. The molecule has 0 bridgehead atoms. The van der Waals surface area contributed by atoms with E-state index in [4.69, 9.17) is 11.6 Å². The van der Waals surface area contributed by atoms with Crippen LogP contribution >= 0.6 is 11.6 Å². The zero-order valence-electron chi connectivity index (χ0n) is 12.4. The molecule has 0 spiro atoms. The summed E-state index contributed by atoms with van der Waals surface area (Å²) >= 11 is 5.58. The monoisotopic (exact) mass is 296 g/mol. The van der Waals surface area contributed by atoms with E-state index >= 15 is 0 Å². The van der Waals surface area contributed by atoms with Crippen LogP contribution in [0, 0.1) is 0 Å². The Morgan fingerprint density at radius 2 is 1.90 bits per heavy atom. The van der Waals surface area contributed by atoms with Crippen LogP contribution in [0.25, 0.3) is 0 Å². The number of halogens is 1. The van der Waals surface area contributed by atoms with Crippen LogP contribution in [-0.2, 0) is 5.41 Å². The SMILES string of the molecule is CN1CCC(C)(c2ccc(NCC(O)CCl)cc2)CC1. The third kappa shape index (κ3) is 3.87. The van der Waals surface area contributed by atoms with Gasteiger partial charge in [-0.2, -0.15) is 0 Å². The summed E-state index contributed by atoms with van der Waals surface area (Å²) in [5.41, 5.74) is 2.74. The van der Waals surface area contributed by atoms with Gasteiger partial charge in [-0.05, 0) is 56.1 Å². The van der Waals surface area contributed by atoms with Gasteiger partial charge in [0.05, 0.1) is 12.0 Å². The first kappa shape index (κ1) is 15.6. The number of hydrogen-bond acceptors (Lipinski definition) is 3. The fourth-order valence-corrected chi connectivity index (χ4v) is 2.79. The average Bonchev–Trinajstić information content (AvgIpc) is 2.48. The molecule has 0 radical (unpaired) electrons. The Kier molecular flexibility index (Phi) is 5.30. The van der Waals surface area contributed by atoms with Crippen LogP contribution in [0.4, 0.5) is 5.69 Å². The van der Waals surface area contributed by atoms with E-state index in [1.165, 1.54) is 31.5 Å². The van der Waals surface area contributed by atoms with Gasteiger partial charge in [-0.1, -0.05) is 19.1 Å². The van der Waals surface area contributed by atoms with Crippen LogP contribution < -0.4 is 5.32 Å². The van der Waals surface area contributed by atoms with Crippen molar-refractivity contribution in [1.82, 2.24) is 4.90 Å². The predicted molar refractivity (Wildman–Crippen MR) is 85.7 cm³/mol. The Hall–Kier alpha value is -0.770. The summed E-state index contributed by atoms with van der Waals surface area (Å²) in [4.78, 5) is 2.39. The van der Waals surface area contributed by atoms with Gasteiger partial charge in [0.15, 0.2) is 0 Å². The molecule has 1 saturated heterocycles. The van der Waals surface area contributed by atoms with Crippen molar-refractivity contribution in [1.29, 1.82) is 0 Å². The normalized spacial score (nSPS) is 20.6. The molecule has 1 aromatic rings.